The molecule has 0 aliphatic rings. The molecule has 10 nitrogen and oxygen atoms in total. The molecule has 6 aromatic heterocycles. The number of fused-ring (bicyclic) bond motifs is 6. The zero-order chi connectivity index (χ0) is 42.3. The van der Waals surface area contributed by atoms with Crippen LogP contribution in [0.4, 0.5) is 0 Å². The summed E-state index contributed by atoms with van der Waals surface area (Å²) in [7, 11) is 0. The van der Waals surface area contributed by atoms with Crippen molar-refractivity contribution in [3.05, 3.63) is 73.1 Å². The van der Waals surface area contributed by atoms with Gasteiger partial charge in [0.2, 0.25) is 0 Å². The van der Waals surface area contributed by atoms with E-state index in [9.17, 15) is 30.6 Å². The summed E-state index contributed by atoms with van der Waals surface area (Å²) in [5.74, 6) is 0. The van der Waals surface area contributed by atoms with E-state index in [1.54, 1.807) is 27.2 Å². The van der Waals surface area contributed by atoms with E-state index in [1.165, 1.54) is 50.7 Å². The molecule has 0 saturated heterocycles. The van der Waals surface area contributed by atoms with Crippen LogP contribution in [0.1, 0.15) is 108 Å². The van der Waals surface area contributed by atoms with Crippen LogP contribution in [0.25, 0.3) is 65.5 Å². The number of aromatic amines is 1. The minimum absolute atomic E-state index is 0.0301. The Bertz CT molecular complexity index is 3260. The molecular weight excluding hydrogens is 825 g/mol. The standard InChI is InChI=1S/C46H46N8O2S4/c1-4-7-10-13-16-52-35-24-34-36(23-33(35)41-37(52)19-31(57-41)21-39-43(55)51-44(59-39)29(25-47)26-48)53(17-14-11-8-5-2)38-20-32(58-42(34)38)22-40-45(56)54(18-15-12-9-6-3)46(60-40)30(27-49)28-50/h19-24H,4-18H2,1-3H3,(H,51,55)/b39-21+,40-22+. The number of nitriles is 4. The second-order valence-corrected chi connectivity index (χ2v) is 19.3. The number of hydrogen-bond donors (Lipinski definition) is 1. The Morgan fingerprint density at radius 2 is 1.03 bits per heavy atom. The quantitative estimate of drug-likeness (QED) is 0.0901. The molecule has 60 heavy (non-hydrogen) atoms. The van der Waals surface area contributed by atoms with Gasteiger partial charge in [-0.05, 0) is 55.7 Å². The van der Waals surface area contributed by atoms with E-state index >= 15 is 0 Å². The van der Waals surface area contributed by atoms with Crippen LogP contribution in [0.2, 0.25) is 0 Å². The number of nitrogens with one attached hydrogen (secondary N) is 1. The van der Waals surface area contributed by atoms with Gasteiger partial charge in [0.15, 0.2) is 11.1 Å². The molecule has 0 radical (unpaired) electrons. The fourth-order valence-electron chi connectivity index (χ4n) is 7.92. The van der Waals surface area contributed by atoms with E-state index in [-0.39, 0.29) is 26.9 Å². The molecule has 0 bridgehead atoms. The lowest BCUT2D eigenvalue weighted by Gasteiger charge is -2.09. The van der Waals surface area contributed by atoms with E-state index in [0.29, 0.717) is 20.3 Å². The van der Waals surface area contributed by atoms with Crippen LogP contribution in [0, 0.1) is 45.3 Å². The van der Waals surface area contributed by atoms with Gasteiger partial charge in [-0.25, -0.2) is 0 Å². The van der Waals surface area contributed by atoms with Crippen LogP contribution in [0.3, 0.4) is 0 Å². The molecule has 0 saturated carbocycles. The van der Waals surface area contributed by atoms with Crippen LogP contribution in [-0.2, 0) is 19.6 Å². The average molecular weight is 871 g/mol. The molecule has 0 atom stereocenters. The Labute approximate surface area is 363 Å². The van der Waals surface area contributed by atoms with Crippen LogP contribution in [0.5, 0.6) is 0 Å². The van der Waals surface area contributed by atoms with Gasteiger partial charge in [0.05, 0.1) is 40.5 Å². The zero-order valence-electron chi connectivity index (χ0n) is 34.2. The van der Waals surface area contributed by atoms with E-state index in [4.69, 9.17) is 0 Å². The van der Waals surface area contributed by atoms with Crippen molar-refractivity contribution in [2.24, 2.45) is 0 Å². The third-order valence-electron chi connectivity index (χ3n) is 10.9. The molecule has 14 heteroatoms. The van der Waals surface area contributed by atoms with Gasteiger partial charge in [0.25, 0.3) is 11.1 Å². The maximum atomic E-state index is 13.9. The largest absolute Gasteiger partial charge is 0.340 e. The Morgan fingerprint density at radius 1 is 0.567 bits per heavy atom. The van der Waals surface area contributed by atoms with Crippen molar-refractivity contribution >= 4 is 111 Å². The lowest BCUT2D eigenvalue weighted by atomic mass is 10.1. The van der Waals surface area contributed by atoms with Gasteiger partial charge in [0, 0.05) is 40.2 Å². The Kier molecular flexibility index (Phi) is 13.7. The van der Waals surface area contributed by atoms with Crippen LogP contribution in [0.15, 0.2) is 33.9 Å². The molecule has 0 unspecified atom stereocenters. The van der Waals surface area contributed by atoms with Gasteiger partial charge in [-0.2, -0.15) is 21.0 Å². The summed E-state index contributed by atoms with van der Waals surface area (Å²) >= 11 is 5.68. The Hall–Kier alpha value is -5.48. The number of aromatic nitrogens is 4. The number of rotatable bonds is 17. The molecule has 0 aliphatic carbocycles. The molecule has 1 N–H and O–H groups in total. The fourth-order valence-corrected chi connectivity index (χ4v) is 12.3. The number of benzene rings is 1. The SMILES string of the molecule is CCCCCCn1c(=C(C#N)C#N)s/c(=C/c2cc3c(s2)c2cc4c(cc2n3CCCCCC)c2sc(/C=c3/sc(=C(C#N)C#N)[nH]c3=O)cc2n4CCCCCC)c1=O. The summed E-state index contributed by atoms with van der Waals surface area (Å²) in [5.41, 5.74) is 3.98. The van der Waals surface area contributed by atoms with Crippen molar-refractivity contribution in [2.45, 2.75) is 117 Å². The summed E-state index contributed by atoms with van der Waals surface area (Å²) < 4.78 is 10.5. The molecule has 0 aliphatic heterocycles. The molecule has 1 aromatic carbocycles. The van der Waals surface area contributed by atoms with Crippen LogP contribution in [-0.4, -0.2) is 18.7 Å². The van der Waals surface area contributed by atoms with Gasteiger partial charge in [-0.3, -0.25) is 14.2 Å². The third-order valence-corrected chi connectivity index (χ3v) is 15.3. The van der Waals surface area contributed by atoms with Crippen molar-refractivity contribution in [1.82, 2.24) is 18.7 Å². The lowest BCUT2D eigenvalue weighted by molar-refractivity contribution is 0.568. The Morgan fingerprint density at radius 3 is 1.50 bits per heavy atom. The summed E-state index contributed by atoms with van der Waals surface area (Å²) in [5, 5.41) is 40.6. The monoisotopic (exact) mass is 870 g/mol. The highest BCUT2D eigenvalue weighted by Crippen LogP contribution is 2.43. The van der Waals surface area contributed by atoms with Gasteiger partial charge in [0.1, 0.15) is 33.6 Å². The summed E-state index contributed by atoms with van der Waals surface area (Å²) in [6, 6.07) is 16.8. The number of thiophene rings is 2. The minimum atomic E-state index is -0.317. The number of hydrogen-bond acceptors (Lipinski definition) is 10. The van der Waals surface area contributed by atoms with E-state index in [0.717, 1.165) is 114 Å². The Balaban J connectivity index is 1.41. The van der Waals surface area contributed by atoms with Crippen molar-refractivity contribution in [3.8, 4) is 24.3 Å². The number of thiazole rings is 2. The van der Waals surface area contributed by atoms with Gasteiger partial charge in [-0.1, -0.05) is 78.6 Å². The minimum Gasteiger partial charge on any atom is -0.340 e. The van der Waals surface area contributed by atoms with Crippen molar-refractivity contribution < 1.29 is 0 Å². The first-order valence-corrected chi connectivity index (χ1v) is 24.1. The molecule has 7 rings (SSSR count). The molecule has 7 aromatic rings. The topological polar surface area (TPSA) is 160 Å². The average Bonchev–Trinajstić information content (AvgIpc) is 4.09. The highest BCUT2D eigenvalue weighted by molar-refractivity contribution is 7.21. The predicted molar refractivity (Wildman–Crippen MR) is 249 cm³/mol. The summed E-state index contributed by atoms with van der Waals surface area (Å²) in [4.78, 5) is 31.3. The molecule has 306 valence electrons. The second kappa shape index (κ2) is 19.3. The van der Waals surface area contributed by atoms with Crippen LogP contribution >= 0.6 is 45.3 Å². The van der Waals surface area contributed by atoms with Crippen molar-refractivity contribution in [1.29, 1.82) is 21.0 Å². The molecule has 6 heterocycles. The second-order valence-electron chi connectivity index (χ2n) is 15.1. The van der Waals surface area contributed by atoms with Gasteiger partial charge < -0.3 is 14.1 Å². The van der Waals surface area contributed by atoms with E-state index < -0.39 is 0 Å². The first-order valence-electron chi connectivity index (χ1n) is 20.8. The maximum Gasteiger partial charge on any atom is 0.269 e. The highest BCUT2D eigenvalue weighted by atomic mass is 32.1. The molecule has 0 amide bonds. The first kappa shape index (κ1) is 42.6. The maximum absolute atomic E-state index is 13.9. The molecule has 0 spiro atoms. The normalized spacial score (nSPS) is 12.2. The number of nitrogens with zero attached hydrogens (tertiary/aromatic N) is 7. The zero-order valence-corrected chi connectivity index (χ0v) is 37.4. The third kappa shape index (κ3) is 8.44. The molecular formula is C46H46N8O2S4. The highest BCUT2D eigenvalue weighted by Gasteiger charge is 2.21. The predicted octanol–water partition coefficient (Wildman–Crippen LogP) is 8.79. The lowest BCUT2D eigenvalue weighted by Crippen LogP contribution is -2.32. The number of aryl methyl sites for hydroxylation is 2. The smallest absolute Gasteiger partial charge is 0.269 e. The van der Waals surface area contributed by atoms with E-state index in [1.807, 2.05) is 36.4 Å². The van der Waals surface area contributed by atoms with Gasteiger partial charge in [-0.15, -0.1) is 45.3 Å². The van der Waals surface area contributed by atoms with Crippen molar-refractivity contribution in [3.63, 3.8) is 0 Å². The summed E-state index contributed by atoms with van der Waals surface area (Å²) in [6.45, 7) is 8.77. The first-order chi connectivity index (χ1) is 29.3. The fraction of sp³-hybridized carbons (Fsp3) is 0.391. The number of unbranched alkanes of at least 4 members (excludes halogenated alkanes) is 9. The molecule has 0 fully saturated rings. The van der Waals surface area contributed by atoms with Crippen LogP contribution < -0.4 is 29.5 Å². The number of H-pyrrole nitrogens is 1. The summed E-state index contributed by atoms with van der Waals surface area (Å²) in [6.07, 6.45) is 16.7. The van der Waals surface area contributed by atoms with E-state index in [2.05, 4.69) is 59.2 Å². The van der Waals surface area contributed by atoms with Gasteiger partial charge >= 0.3 is 0 Å². The van der Waals surface area contributed by atoms with Crippen molar-refractivity contribution in [2.75, 3.05) is 0 Å².